The van der Waals surface area contributed by atoms with Crippen LogP contribution in [-0.2, 0) is 10.0 Å². The van der Waals surface area contributed by atoms with E-state index < -0.39 is 10.0 Å². The highest BCUT2D eigenvalue weighted by molar-refractivity contribution is 7.89. The maximum Gasteiger partial charge on any atom is 0.214 e. The zero-order valence-corrected chi connectivity index (χ0v) is 12.4. The quantitative estimate of drug-likeness (QED) is 0.836. The predicted molar refractivity (Wildman–Crippen MR) is 73.9 cm³/mol. The zero-order chi connectivity index (χ0) is 12.2. The van der Waals surface area contributed by atoms with Gasteiger partial charge in [0, 0.05) is 18.6 Å². The Labute approximate surface area is 111 Å². The molecule has 0 aromatic rings. The number of nitrogens with two attached hydrogens (primary N) is 1. The van der Waals surface area contributed by atoms with Crippen LogP contribution in [0.3, 0.4) is 0 Å². The second-order valence-corrected chi connectivity index (χ2v) is 6.74. The molecule has 104 valence electrons. The number of piperidine rings is 1. The Hall–Kier alpha value is 0.160. The summed E-state index contributed by atoms with van der Waals surface area (Å²) in [5.41, 5.74) is 5.88. The summed E-state index contributed by atoms with van der Waals surface area (Å²) in [5.74, 6) is 0.271. The van der Waals surface area contributed by atoms with Gasteiger partial charge in [-0.2, -0.15) is 4.31 Å². The van der Waals surface area contributed by atoms with Crippen molar-refractivity contribution >= 4 is 22.4 Å². The fourth-order valence-electron chi connectivity index (χ4n) is 2.25. The van der Waals surface area contributed by atoms with Crippen molar-refractivity contribution in [2.24, 2.45) is 5.73 Å². The highest BCUT2D eigenvalue weighted by atomic mass is 35.5. The fraction of sp³-hybridized carbons (Fsp3) is 1.00. The van der Waals surface area contributed by atoms with Crippen molar-refractivity contribution in [3.05, 3.63) is 0 Å². The van der Waals surface area contributed by atoms with E-state index in [2.05, 4.69) is 0 Å². The molecule has 1 rings (SSSR count). The Morgan fingerprint density at radius 2 is 2.06 bits per heavy atom. The van der Waals surface area contributed by atoms with Crippen molar-refractivity contribution in [1.82, 2.24) is 4.31 Å². The third-order valence-electron chi connectivity index (χ3n) is 3.22. The molecule has 6 heteroatoms. The maximum absolute atomic E-state index is 12.1. The van der Waals surface area contributed by atoms with Gasteiger partial charge in [-0.3, -0.25) is 0 Å². The van der Waals surface area contributed by atoms with Crippen molar-refractivity contribution in [1.29, 1.82) is 0 Å². The van der Waals surface area contributed by atoms with E-state index in [4.69, 9.17) is 5.73 Å². The van der Waals surface area contributed by atoms with E-state index in [9.17, 15) is 8.42 Å². The first-order valence-corrected chi connectivity index (χ1v) is 7.85. The lowest BCUT2D eigenvalue weighted by molar-refractivity contribution is 0.227. The first-order valence-electron chi connectivity index (χ1n) is 6.24. The van der Waals surface area contributed by atoms with Crippen molar-refractivity contribution in [3.63, 3.8) is 0 Å². The Bertz CT molecular complexity index is 307. The normalized spacial score (nSPS) is 24.1. The largest absolute Gasteiger partial charge is 0.326 e. The average molecular weight is 285 g/mol. The third-order valence-corrected chi connectivity index (χ3v) is 5.19. The van der Waals surface area contributed by atoms with Crippen molar-refractivity contribution < 1.29 is 8.42 Å². The first-order chi connectivity index (χ1) is 7.49. The molecule has 2 atom stereocenters. The van der Waals surface area contributed by atoms with Gasteiger partial charge in [0.05, 0.1) is 5.75 Å². The highest BCUT2D eigenvalue weighted by Crippen LogP contribution is 2.23. The van der Waals surface area contributed by atoms with E-state index in [0.29, 0.717) is 6.54 Å². The van der Waals surface area contributed by atoms with E-state index in [1.54, 1.807) is 4.31 Å². The summed E-state index contributed by atoms with van der Waals surface area (Å²) < 4.78 is 25.9. The molecule has 2 N–H and O–H groups in total. The monoisotopic (exact) mass is 284 g/mol. The van der Waals surface area contributed by atoms with Crippen LogP contribution in [0.4, 0.5) is 0 Å². The van der Waals surface area contributed by atoms with Gasteiger partial charge >= 0.3 is 0 Å². The van der Waals surface area contributed by atoms with Crippen molar-refractivity contribution in [2.45, 2.75) is 58.0 Å². The highest BCUT2D eigenvalue weighted by Gasteiger charge is 2.33. The predicted octanol–water partition coefficient (Wildman–Crippen LogP) is 1.74. The summed E-state index contributed by atoms with van der Waals surface area (Å²) >= 11 is 0. The smallest absolute Gasteiger partial charge is 0.214 e. The first kappa shape index (κ1) is 17.2. The van der Waals surface area contributed by atoms with Crippen LogP contribution in [-0.4, -0.2) is 37.1 Å². The lowest BCUT2D eigenvalue weighted by Gasteiger charge is -2.36. The van der Waals surface area contributed by atoms with Gasteiger partial charge in [0.15, 0.2) is 0 Å². The Balaban J connectivity index is 0.00000256. The molecule has 1 fully saturated rings. The van der Waals surface area contributed by atoms with E-state index >= 15 is 0 Å². The summed E-state index contributed by atoms with van der Waals surface area (Å²) in [6.07, 6.45) is 4.62. The molecule has 1 aliphatic rings. The van der Waals surface area contributed by atoms with Gasteiger partial charge in [0.2, 0.25) is 10.0 Å². The molecule has 1 aliphatic heterocycles. The van der Waals surface area contributed by atoms with Gasteiger partial charge in [0.1, 0.15) is 0 Å². The molecule has 0 aromatic heterocycles. The van der Waals surface area contributed by atoms with Gasteiger partial charge in [-0.15, -0.1) is 12.4 Å². The number of nitrogens with zero attached hydrogens (tertiary/aromatic N) is 1. The minimum absolute atomic E-state index is 0. The zero-order valence-electron chi connectivity index (χ0n) is 10.8. The van der Waals surface area contributed by atoms with Gasteiger partial charge < -0.3 is 5.73 Å². The van der Waals surface area contributed by atoms with Gasteiger partial charge in [0.25, 0.3) is 0 Å². The molecule has 0 radical (unpaired) electrons. The van der Waals surface area contributed by atoms with Crippen LogP contribution in [0.1, 0.15) is 46.0 Å². The summed E-state index contributed by atoms with van der Waals surface area (Å²) in [6.45, 7) is 4.56. The molecule has 0 amide bonds. The van der Waals surface area contributed by atoms with Crippen LogP contribution >= 0.6 is 12.4 Å². The molecule has 2 unspecified atom stereocenters. The summed E-state index contributed by atoms with van der Waals surface area (Å²) in [5, 5.41) is 0. The van der Waals surface area contributed by atoms with E-state index in [0.717, 1.165) is 32.1 Å². The molecule has 1 saturated heterocycles. The molecule has 0 spiro atoms. The molecule has 17 heavy (non-hydrogen) atoms. The summed E-state index contributed by atoms with van der Waals surface area (Å²) in [6, 6.07) is -0.0627. The minimum atomic E-state index is -3.09. The maximum atomic E-state index is 12.1. The second-order valence-electron chi connectivity index (χ2n) is 4.70. The number of hydrogen-bond donors (Lipinski definition) is 1. The third kappa shape index (κ3) is 4.73. The van der Waals surface area contributed by atoms with Crippen LogP contribution in [0, 0.1) is 0 Å². The molecule has 0 aliphatic carbocycles. The molecule has 0 bridgehead atoms. The molecule has 0 saturated carbocycles. The van der Waals surface area contributed by atoms with E-state index in [-0.39, 0.29) is 30.2 Å². The standard InChI is InChI=1S/C11H24N2O2S.ClH/c1-3-4-9-16(14,15)13-8-6-5-7-11(13)10(2)12;/h10-11H,3-9,12H2,1-2H3;1H. The Kier molecular flexibility index (Phi) is 7.63. The topological polar surface area (TPSA) is 63.4 Å². The number of unbranched alkanes of at least 4 members (excludes halogenated alkanes) is 1. The van der Waals surface area contributed by atoms with Crippen LogP contribution in [0.5, 0.6) is 0 Å². The molecule has 4 nitrogen and oxygen atoms in total. The summed E-state index contributed by atoms with van der Waals surface area (Å²) in [4.78, 5) is 0. The molecular formula is C11H25ClN2O2S. The molecule has 1 heterocycles. The lowest BCUT2D eigenvalue weighted by atomic mass is 10.00. The van der Waals surface area contributed by atoms with Crippen LogP contribution in [0.25, 0.3) is 0 Å². The van der Waals surface area contributed by atoms with Crippen LogP contribution in [0.2, 0.25) is 0 Å². The molecular weight excluding hydrogens is 260 g/mol. The number of hydrogen-bond acceptors (Lipinski definition) is 3. The number of rotatable bonds is 5. The van der Waals surface area contributed by atoms with E-state index in [1.165, 1.54) is 0 Å². The second kappa shape index (κ2) is 7.56. The minimum Gasteiger partial charge on any atom is -0.326 e. The molecule has 0 aromatic carbocycles. The van der Waals surface area contributed by atoms with Crippen LogP contribution in [0.15, 0.2) is 0 Å². The fourth-order valence-corrected chi connectivity index (χ4v) is 4.25. The van der Waals surface area contributed by atoms with Crippen LogP contribution < -0.4 is 5.73 Å². The lowest BCUT2D eigenvalue weighted by Crippen LogP contribution is -2.52. The van der Waals surface area contributed by atoms with Gasteiger partial charge in [-0.25, -0.2) is 8.42 Å². The summed E-state index contributed by atoms with van der Waals surface area (Å²) in [7, 11) is -3.09. The number of sulfonamides is 1. The van der Waals surface area contributed by atoms with Gasteiger partial charge in [-0.1, -0.05) is 19.8 Å². The Morgan fingerprint density at radius 1 is 1.41 bits per heavy atom. The average Bonchev–Trinajstić information content (AvgIpc) is 2.26. The SMILES string of the molecule is CCCCS(=O)(=O)N1CCCCC1C(C)N.Cl. The van der Waals surface area contributed by atoms with Crippen molar-refractivity contribution in [2.75, 3.05) is 12.3 Å². The van der Waals surface area contributed by atoms with E-state index in [1.807, 2.05) is 13.8 Å². The van der Waals surface area contributed by atoms with Gasteiger partial charge in [-0.05, 0) is 26.2 Å². The van der Waals surface area contributed by atoms with Crippen molar-refractivity contribution in [3.8, 4) is 0 Å². The number of halogens is 1. The Morgan fingerprint density at radius 3 is 2.59 bits per heavy atom.